The molecule has 0 aromatic carbocycles. The molecular weight excluding hydrogens is 288 g/mol. The van der Waals surface area contributed by atoms with Crippen molar-refractivity contribution in [3.63, 3.8) is 0 Å². The third-order valence-corrected chi connectivity index (χ3v) is 4.22. The smallest absolute Gasteiger partial charge is 0.313 e. The van der Waals surface area contributed by atoms with Gasteiger partial charge in [-0.25, -0.2) is 4.98 Å². The van der Waals surface area contributed by atoms with E-state index in [2.05, 4.69) is 28.5 Å². The van der Waals surface area contributed by atoms with Gasteiger partial charge < -0.3 is 9.67 Å². The lowest BCUT2D eigenvalue weighted by atomic mass is 10.2. The largest absolute Gasteiger partial charge is 0.481 e. The molecule has 0 aliphatic rings. The number of aromatic nitrogens is 4. The molecular formula is C14H20N4O2S. The topological polar surface area (TPSA) is 72.9 Å². The van der Waals surface area contributed by atoms with Crippen molar-refractivity contribution in [1.29, 1.82) is 0 Å². The summed E-state index contributed by atoms with van der Waals surface area (Å²) in [5.74, 6) is -0.809. The van der Waals surface area contributed by atoms with Crippen LogP contribution in [0.3, 0.4) is 0 Å². The van der Waals surface area contributed by atoms with Crippen LogP contribution in [-0.2, 0) is 31.2 Å². The average molecular weight is 308 g/mol. The number of aliphatic carboxylic acids is 1. The first-order valence-corrected chi connectivity index (χ1v) is 7.94. The van der Waals surface area contributed by atoms with Crippen molar-refractivity contribution in [1.82, 2.24) is 19.3 Å². The summed E-state index contributed by atoms with van der Waals surface area (Å²) in [6.45, 7) is 4.84. The van der Waals surface area contributed by atoms with Crippen LogP contribution in [0, 0.1) is 0 Å². The van der Waals surface area contributed by atoms with Gasteiger partial charge in [0, 0.05) is 30.7 Å². The fourth-order valence-electron chi connectivity index (χ4n) is 2.27. The molecule has 2 rings (SSSR count). The zero-order chi connectivity index (χ0) is 15.4. The van der Waals surface area contributed by atoms with E-state index in [1.165, 1.54) is 11.8 Å². The summed E-state index contributed by atoms with van der Waals surface area (Å²) in [5.41, 5.74) is 3.33. The Morgan fingerprint density at radius 2 is 2.14 bits per heavy atom. The average Bonchev–Trinajstić information content (AvgIpc) is 3.00. The van der Waals surface area contributed by atoms with Gasteiger partial charge in [0.2, 0.25) is 0 Å². The van der Waals surface area contributed by atoms with E-state index in [9.17, 15) is 4.79 Å². The van der Waals surface area contributed by atoms with Gasteiger partial charge >= 0.3 is 5.97 Å². The minimum absolute atomic E-state index is 0.0217. The van der Waals surface area contributed by atoms with Gasteiger partial charge in [0.25, 0.3) is 0 Å². The van der Waals surface area contributed by atoms with E-state index in [1.54, 1.807) is 0 Å². The first kappa shape index (κ1) is 15.6. The molecule has 6 nitrogen and oxygen atoms in total. The summed E-state index contributed by atoms with van der Waals surface area (Å²) in [6, 6.07) is 0. The third kappa shape index (κ3) is 3.66. The number of carbonyl (C=O) groups is 1. The number of aryl methyl sites for hydroxylation is 3. The number of thioether (sulfide) groups is 1. The Morgan fingerprint density at radius 1 is 1.38 bits per heavy atom. The van der Waals surface area contributed by atoms with Crippen LogP contribution in [0.1, 0.15) is 30.8 Å². The number of rotatable bonds is 7. The second kappa shape index (κ2) is 6.80. The zero-order valence-electron chi connectivity index (χ0n) is 12.5. The van der Waals surface area contributed by atoms with Crippen LogP contribution in [0.15, 0.2) is 17.6 Å². The van der Waals surface area contributed by atoms with Crippen molar-refractivity contribution in [2.75, 3.05) is 5.75 Å². The molecule has 0 aliphatic heterocycles. The molecule has 0 saturated heterocycles. The number of imidazole rings is 1. The van der Waals surface area contributed by atoms with Gasteiger partial charge in [0.15, 0.2) is 5.16 Å². The highest BCUT2D eigenvalue weighted by molar-refractivity contribution is 7.99. The van der Waals surface area contributed by atoms with Crippen LogP contribution in [0.4, 0.5) is 0 Å². The molecule has 0 atom stereocenters. The van der Waals surface area contributed by atoms with E-state index >= 15 is 0 Å². The van der Waals surface area contributed by atoms with Crippen LogP contribution in [-0.4, -0.2) is 36.2 Å². The Bertz CT molecular complexity index is 633. The number of carboxylic acids is 1. The van der Waals surface area contributed by atoms with E-state index in [0.29, 0.717) is 6.54 Å². The number of nitrogens with zero attached hydrogens (tertiary/aromatic N) is 4. The minimum Gasteiger partial charge on any atom is -0.481 e. The van der Waals surface area contributed by atoms with Crippen molar-refractivity contribution in [2.24, 2.45) is 7.05 Å². The van der Waals surface area contributed by atoms with Crippen LogP contribution >= 0.6 is 11.8 Å². The molecule has 0 fully saturated rings. The summed E-state index contributed by atoms with van der Waals surface area (Å²) in [7, 11) is 1.91. The highest BCUT2D eigenvalue weighted by Gasteiger charge is 2.14. The van der Waals surface area contributed by atoms with Crippen molar-refractivity contribution in [2.45, 2.75) is 38.4 Å². The van der Waals surface area contributed by atoms with Gasteiger partial charge in [-0.1, -0.05) is 25.6 Å². The molecule has 0 radical (unpaired) electrons. The zero-order valence-corrected chi connectivity index (χ0v) is 13.4. The summed E-state index contributed by atoms with van der Waals surface area (Å²) in [6.07, 6.45) is 5.59. The third-order valence-electron chi connectivity index (χ3n) is 3.24. The Kier molecular flexibility index (Phi) is 5.06. The van der Waals surface area contributed by atoms with E-state index in [-0.39, 0.29) is 5.75 Å². The summed E-state index contributed by atoms with van der Waals surface area (Å²) >= 11 is 1.26. The molecule has 7 heteroatoms. The minimum atomic E-state index is -0.830. The van der Waals surface area contributed by atoms with Crippen molar-refractivity contribution < 1.29 is 9.90 Å². The highest BCUT2D eigenvalue weighted by Crippen LogP contribution is 2.21. The molecule has 2 heterocycles. The first-order valence-electron chi connectivity index (χ1n) is 6.95. The number of carboxylic acid groups (broad SMARTS) is 1. The quantitative estimate of drug-likeness (QED) is 0.792. The van der Waals surface area contributed by atoms with Crippen molar-refractivity contribution >= 4 is 17.7 Å². The summed E-state index contributed by atoms with van der Waals surface area (Å²) in [5, 5.41) is 14.0. The fraction of sp³-hybridized carbons (Fsp3) is 0.500. The van der Waals surface area contributed by atoms with Crippen molar-refractivity contribution in [3.8, 4) is 0 Å². The SMILES string of the molecule is CCc1nn(C)cc1Cn1c(CC)cnc1SCC(=O)O. The molecule has 1 N–H and O–H groups in total. The maximum atomic E-state index is 10.8. The monoisotopic (exact) mass is 308 g/mol. The Balaban J connectivity index is 2.28. The van der Waals surface area contributed by atoms with Gasteiger partial charge in [-0.15, -0.1) is 0 Å². The highest BCUT2D eigenvalue weighted by atomic mass is 32.2. The lowest BCUT2D eigenvalue weighted by Crippen LogP contribution is -2.08. The van der Waals surface area contributed by atoms with E-state index in [0.717, 1.165) is 34.9 Å². The second-order valence-electron chi connectivity index (χ2n) is 4.78. The Hall–Kier alpha value is -1.76. The van der Waals surface area contributed by atoms with Gasteiger partial charge in [-0.3, -0.25) is 9.48 Å². The van der Waals surface area contributed by atoms with Crippen molar-refractivity contribution in [3.05, 3.63) is 29.3 Å². The first-order chi connectivity index (χ1) is 10.0. The van der Waals surface area contributed by atoms with Gasteiger partial charge in [0.1, 0.15) is 0 Å². The van der Waals surface area contributed by atoms with Crippen LogP contribution in [0.25, 0.3) is 0 Å². The predicted octanol–water partition coefficient (Wildman–Crippen LogP) is 1.97. The van der Waals surface area contributed by atoms with Crippen LogP contribution in [0.2, 0.25) is 0 Å². The molecule has 0 aliphatic carbocycles. The molecule has 0 unspecified atom stereocenters. The molecule has 0 amide bonds. The summed E-state index contributed by atoms with van der Waals surface area (Å²) < 4.78 is 3.91. The standard InChI is InChI=1S/C14H20N4O2S/c1-4-11-6-15-14(21-9-13(19)20)18(11)8-10-7-17(3)16-12(10)5-2/h6-7H,4-5,8-9H2,1-3H3,(H,19,20). The molecule has 0 spiro atoms. The molecule has 21 heavy (non-hydrogen) atoms. The molecule has 2 aromatic rings. The summed E-state index contributed by atoms with van der Waals surface area (Å²) in [4.78, 5) is 15.1. The van der Waals surface area contributed by atoms with E-state index < -0.39 is 5.97 Å². The van der Waals surface area contributed by atoms with E-state index in [1.807, 2.05) is 24.1 Å². The normalized spacial score (nSPS) is 11.0. The maximum Gasteiger partial charge on any atom is 0.313 e. The van der Waals surface area contributed by atoms with Crippen LogP contribution in [0.5, 0.6) is 0 Å². The second-order valence-corrected chi connectivity index (χ2v) is 5.72. The molecule has 2 aromatic heterocycles. The fourth-order valence-corrected chi connectivity index (χ4v) is 2.99. The predicted molar refractivity (Wildman–Crippen MR) is 81.7 cm³/mol. The molecule has 0 saturated carbocycles. The number of hydrogen-bond donors (Lipinski definition) is 1. The van der Waals surface area contributed by atoms with Crippen LogP contribution < -0.4 is 0 Å². The lowest BCUT2D eigenvalue weighted by Gasteiger charge is -2.10. The van der Waals surface area contributed by atoms with Gasteiger partial charge in [-0.05, 0) is 12.8 Å². The number of hydrogen-bond acceptors (Lipinski definition) is 4. The lowest BCUT2D eigenvalue weighted by molar-refractivity contribution is -0.133. The van der Waals surface area contributed by atoms with Gasteiger partial charge in [0.05, 0.1) is 18.0 Å². The molecule has 0 bridgehead atoms. The Labute approximate surface area is 128 Å². The maximum absolute atomic E-state index is 10.8. The Morgan fingerprint density at radius 3 is 2.76 bits per heavy atom. The van der Waals surface area contributed by atoms with E-state index in [4.69, 9.17) is 5.11 Å². The van der Waals surface area contributed by atoms with Gasteiger partial charge in [-0.2, -0.15) is 5.10 Å². The molecule has 114 valence electrons.